The van der Waals surface area contributed by atoms with Crippen LogP contribution in [0.3, 0.4) is 0 Å². The summed E-state index contributed by atoms with van der Waals surface area (Å²) in [5, 5.41) is 6.69. The van der Waals surface area contributed by atoms with Crippen LogP contribution >= 0.6 is 0 Å². The Morgan fingerprint density at radius 1 is 0.845 bits per heavy atom. The van der Waals surface area contributed by atoms with Crippen LogP contribution in [0, 0.1) is 11.3 Å². The third-order valence-corrected chi connectivity index (χ3v) is 14.2. The first-order valence-corrected chi connectivity index (χ1v) is 21.4. The zero-order valence-electron chi connectivity index (χ0n) is 34.0. The van der Waals surface area contributed by atoms with E-state index in [9.17, 15) is 19.2 Å². The number of anilines is 3. The second kappa shape index (κ2) is 15.7. The normalized spacial score (nSPS) is 23.8. The van der Waals surface area contributed by atoms with E-state index in [0.29, 0.717) is 28.6 Å². The molecule has 0 bridgehead atoms. The quantitative estimate of drug-likeness (QED) is 0.251. The number of amides is 4. The lowest BCUT2D eigenvalue weighted by Gasteiger charge is -2.49. The standard InChI is InChI=1S/C44H57N9O5/c1-48-27-30(25-46-48)34-23-36(45)39(58-2)24-38(34)51-18-10-31(11-19-51)50-16-8-29(9-17-50)26-49-20-13-44(14-21-49)12-3-15-52(28-44)32-4-5-33-35(22-32)43(57)53(42(33)56)37-6-7-40(54)47-41(37)55/h4-5,22-25,27,29,31,37H,3,6-21,26,28,45H2,1-2H3,(H,47,54,55). The van der Waals surface area contributed by atoms with Gasteiger partial charge in [0, 0.05) is 87.0 Å². The van der Waals surface area contributed by atoms with Crippen LogP contribution in [0.15, 0.2) is 42.7 Å². The number of piperidine rings is 5. The highest BCUT2D eigenvalue weighted by Gasteiger charge is 2.45. The fourth-order valence-corrected chi connectivity index (χ4v) is 10.9. The predicted molar refractivity (Wildman–Crippen MR) is 222 cm³/mol. The molecular weight excluding hydrogens is 735 g/mol. The second-order valence-corrected chi connectivity index (χ2v) is 17.7. The Morgan fingerprint density at radius 3 is 2.31 bits per heavy atom. The molecule has 308 valence electrons. The van der Waals surface area contributed by atoms with Gasteiger partial charge in [0.1, 0.15) is 11.8 Å². The molecule has 3 N–H and O–H groups in total. The van der Waals surface area contributed by atoms with Gasteiger partial charge in [0.15, 0.2) is 0 Å². The van der Waals surface area contributed by atoms with Crippen molar-refractivity contribution >= 4 is 40.7 Å². The highest BCUT2D eigenvalue weighted by atomic mass is 16.5. The average Bonchev–Trinajstić information content (AvgIpc) is 3.78. The number of imide groups is 2. The Bertz CT molecular complexity index is 2080. The number of methoxy groups -OCH3 is 1. The van der Waals surface area contributed by atoms with Gasteiger partial charge in [-0.1, -0.05) is 0 Å². The van der Waals surface area contributed by atoms with E-state index < -0.39 is 23.8 Å². The van der Waals surface area contributed by atoms with Crippen molar-refractivity contribution < 1.29 is 23.9 Å². The number of aryl methyl sites for hydroxylation is 1. The van der Waals surface area contributed by atoms with Crippen LogP contribution < -0.4 is 25.6 Å². The molecule has 4 amide bonds. The van der Waals surface area contributed by atoms with Crippen LogP contribution in [0.5, 0.6) is 5.75 Å². The molecule has 3 aromatic rings. The summed E-state index contributed by atoms with van der Waals surface area (Å²) in [6.07, 6.45) is 13.7. The number of carbonyl (C=O) groups is 4. The Morgan fingerprint density at radius 2 is 1.60 bits per heavy atom. The maximum Gasteiger partial charge on any atom is 0.262 e. The number of nitrogens with two attached hydrogens (primary N) is 1. The number of nitrogens with zero attached hydrogens (tertiary/aromatic N) is 7. The zero-order valence-corrected chi connectivity index (χ0v) is 34.0. The molecule has 1 unspecified atom stereocenters. The smallest absolute Gasteiger partial charge is 0.262 e. The van der Waals surface area contributed by atoms with Crippen molar-refractivity contribution in [3.63, 3.8) is 0 Å². The molecule has 6 aliphatic heterocycles. The predicted octanol–water partition coefficient (Wildman–Crippen LogP) is 4.14. The van der Waals surface area contributed by atoms with Crippen molar-refractivity contribution in [2.45, 2.75) is 76.3 Å². The van der Waals surface area contributed by atoms with Crippen molar-refractivity contribution in [2.24, 2.45) is 18.4 Å². The number of likely N-dealkylation sites (tertiary alicyclic amines) is 2. The van der Waals surface area contributed by atoms with Crippen molar-refractivity contribution in [3.05, 3.63) is 53.9 Å². The molecule has 0 aliphatic carbocycles. The number of rotatable bonds is 8. The lowest BCUT2D eigenvalue weighted by atomic mass is 9.72. The first-order valence-electron chi connectivity index (χ1n) is 21.4. The van der Waals surface area contributed by atoms with Gasteiger partial charge in [-0.05, 0) is 120 Å². The molecule has 0 radical (unpaired) electrons. The molecule has 5 saturated heterocycles. The summed E-state index contributed by atoms with van der Waals surface area (Å²) in [6, 6.07) is 9.34. The molecule has 1 aromatic heterocycles. The Balaban J connectivity index is 0.749. The molecule has 9 rings (SSSR count). The first kappa shape index (κ1) is 38.6. The summed E-state index contributed by atoms with van der Waals surface area (Å²) in [5.41, 5.74) is 12.2. The van der Waals surface area contributed by atoms with Gasteiger partial charge in [0.2, 0.25) is 11.8 Å². The number of nitrogens with one attached hydrogen (secondary N) is 1. The van der Waals surface area contributed by atoms with Gasteiger partial charge in [0.05, 0.1) is 30.1 Å². The van der Waals surface area contributed by atoms with Crippen LogP contribution in [0.4, 0.5) is 17.1 Å². The van der Waals surface area contributed by atoms with Gasteiger partial charge in [-0.3, -0.25) is 34.1 Å². The third kappa shape index (κ3) is 7.33. The number of nitrogen functional groups attached to an aromatic ring is 1. The minimum absolute atomic E-state index is 0.112. The number of ether oxygens (including phenoxy) is 1. The zero-order chi connectivity index (χ0) is 40.1. The number of hydrogen-bond donors (Lipinski definition) is 2. The monoisotopic (exact) mass is 791 g/mol. The Kier molecular flexibility index (Phi) is 10.4. The van der Waals surface area contributed by atoms with E-state index in [2.05, 4.69) is 36.1 Å². The number of carbonyl (C=O) groups excluding carboxylic acids is 4. The van der Waals surface area contributed by atoms with Crippen LogP contribution in [0.25, 0.3) is 11.1 Å². The lowest BCUT2D eigenvalue weighted by Crippen LogP contribution is -2.54. The summed E-state index contributed by atoms with van der Waals surface area (Å²) in [5.74, 6) is -0.399. The van der Waals surface area contributed by atoms with E-state index in [4.69, 9.17) is 10.5 Å². The van der Waals surface area contributed by atoms with Crippen LogP contribution in [0.2, 0.25) is 0 Å². The molecular formula is C44H57N9O5. The molecule has 58 heavy (non-hydrogen) atoms. The summed E-state index contributed by atoms with van der Waals surface area (Å²) < 4.78 is 7.46. The minimum atomic E-state index is -0.951. The van der Waals surface area contributed by atoms with Gasteiger partial charge in [-0.2, -0.15) is 5.10 Å². The molecule has 1 atom stereocenters. The van der Waals surface area contributed by atoms with E-state index in [1.165, 1.54) is 51.7 Å². The molecule has 14 nitrogen and oxygen atoms in total. The SMILES string of the molecule is COc1cc(N2CCC(N3CCC(CN4CCC5(CCCN(c6ccc7c(c6)C(=O)N(C6CCC(=O)NC6=O)C7=O)C5)CC4)CC3)CC2)c(-c2cnn(C)c2)cc1N. The second-order valence-electron chi connectivity index (χ2n) is 17.7. The van der Waals surface area contributed by atoms with E-state index in [0.717, 1.165) is 91.9 Å². The van der Waals surface area contributed by atoms with Gasteiger partial charge >= 0.3 is 0 Å². The molecule has 7 heterocycles. The van der Waals surface area contributed by atoms with Crippen LogP contribution in [-0.2, 0) is 16.6 Å². The highest BCUT2D eigenvalue weighted by Crippen LogP contribution is 2.43. The van der Waals surface area contributed by atoms with Gasteiger partial charge in [-0.15, -0.1) is 0 Å². The van der Waals surface area contributed by atoms with E-state index >= 15 is 0 Å². The Hall–Kier alpha value is -4.95. The van der Waals surface area contributed by atoms with Crippen LogP contribution in [0.1, 0.15) is 84.9 Å². The number of hydrogen-bond acceptors (Lipinski definition) is 11. The van der Waals surface area contributed by atoms with Crippen molar-refractivity contribution in [1.82, 2.24) is 29.8 Å². The molecule has 14 heteroatoms. The van der Waals surface area contributed by atoms with E-state index in [1.807, 2.05) is 42.3 Å². The Labute approximate surface area is 340 Å². The summed E-state index contributed by atoms with van der Waals surface area (Å²) in [4.78, 5) is 62.4. The molecule has 5 fully saturated rings. The summed E-state index contributed by atoms with van der Waals surface area (Å²) in [6.45, 7) is 9.68. The van der Waals surface area contributed by atoms with Crippen molar-refractivity contribution in [3.8, 4) is 16.9 Å². The number of fused-ring (bicyclic) bond motifs is 1. The first-order chi connectivity index (χ1) is 28.1. The number of aromatic nitrogens is 2. The topological polar surface area (TPSA) is 150 Å². The van der Waals surface area contributed by atoms with Crippen molar-refractivity contribution in [2.75, 3.05) is 81.5 Å². The van der Waals surface area contributed by atoms with E-state index in [-0.39, 0.29) is 24.2 Å². The molecule has 2 aromatic carbocycles. The molecule has 6 aliphatic rings. The number of benzene rings is 2. The fraction of sp³-hybridized carbons (Fsp3) is 0.568. The third-order valence-electron chi connectivity index (χ3n) is 14.2. The lowest BCUT2D eigenvalue weighted by molar-refractivity contribution is -0.136. The van der Waals surface area contributed by atoms with Crippen LogP contribution in [-0.4, -0.2) is 126 Å². The summed E-state index contributed by atoms with van der Waals surface area (Å²) >= 11 is 0. The largest absolute Gasteiger partial charge is 0.495 e. The van der Waals surface area contributed by atoms with Gasteiger partial charge in [-0.25, -0.2) is 0 Å². The van der Waals surface area contributed by atoms with E-state index in [1.54, 1.807) is 13.2 Å². The van der Waals surface area contributed by atoms with Gasteiger partial charge in [0.25, 0.3) is 11.8 Å². The van der Waals surface area contributed by atoms with Crippen molar-refractivity contribution in [1.29, 1.82) is 0 Å². The summed E-state index contributed by atoms with van der Waals surface area (Å²) in [7, 11) is 3.62. The molecule has 0 saturated carbocycles. The average molecular weight is 792 g/mol. The minimum Gasteiger partial charge on any atom is -0.495 e. The fourth-order valence-electron chi connectivity index (χ4n) is 10.9. The maximum atomic E-state index is 13.5. The van der Waals surface area contributed by atoms with Gasteiger partial charge < -0.3 is 30.1 Å². The molecule has 1 spiro atoms. The maximum absolute atomic E-state index is 13.5. The highest BCUT2D eigenvalue weighted by molar-refractivity contribution is 6.23.